The molecule has 8 heteroatoms. The second kappa shape index (κ2) is 4.61. The number of nitrogen functional groups attached to an aromatic ring is 1. The van der Waals surface area contributed by atoms with Crippen molar-refractivity contribution in [3.8, 4) is 6.07 Å². The van der Waals surface area contributed by atoms with Crippen LogP contribution in [0.3, 0.4) is 0 Å². The molecule has 0 atom stereocenters. The van der Waals surface area contributed by atoms with Gasteiger partial charge in [0.1, 0.15) is 16.9 Å². The van der Waals surface area contributed by atoms with Gasteiger partial charge in [-0.15, -0.1) is 10.2 Å². The Bertz CT molecular complexity index is 602. The van der Waals surface area contributed by atoms with E-state index in [-0.39, 0.29) is 5.69 Å². The summed E-state index contributed by atoms with van der Waals surface area (Å²) in [5, 5.41) is 17.9. The van der Waals surface area contributed by atoms with E-state index in [0.29, 0.717) is 21.0 Å². The van der Waals surface area contributed by atoms with E-state index in [9.17, 15) is 0 Å². The summed E-state index contributed by atoms with van der Waals surface area (Å²) in [5.41, 5.74) is 0.177. The molecule has 0 aliphatic heterocycles. The smallest absolute Gasteiger partial charge is 0.216 e. The molecule has 0 spiro atoms. The molecule has 6 nitrogen and oxygen atoms in total. The van der Waals surface area contributed by atoms with Gasteiger partial charge in [0.2, 0.25) is 5.16 Å². The number of nitrogens with two attached hydrogens (primary N) is 1. The van der Waals surface area contributed by atoms with Gasteiger partial charge >= 0.3 is 0 Å². The lowest BCUT2D eigenvalue weighted by atomic mass is 10.4. The van der Waals surface area contributed by atoms with Gasteiger partial charge in [0.15, 0.2) is 5.69 Å². The Morgan fingerprint density at radius 3 is 2.82 bits per heavy atom. The Labute approximate surface area is 106 Å². The van der Waals surface area contributed by atoms with Crippen LogP contribution in [0, 0.1) is 18.3 Å². The third kappa shape index (κ3) is 2.33. The van der Waals surface area contributed by atoms with Crippen LogP contribution >= 0.6 is 23.4 Å². The highest BCUT2D eigenvalue weighted by Gasteiger charge is 2.10. The summed E-state index contributed by atoms with van der Waals surface area (Å²) < 4.78 is 1.35. The van der Waals surface area contributed by atoms with E-state index in [4.69, 9.17) is 22.7 Å². The Hall–Kier alpha value is -1.78. The van der Waals surface area contributed by atoms with Gasteiger partial charge in [-0.2, -0.15) is 5.26 Å². The van der Waals surface area contributed by atoms with Gasteiger partial charge in [-0.1, -0.05) is 11.6 Å². The van der Waals surface area contributed by atoms with Crippen molar-refractivity contribution >= 4 is 23.4 Å². The van der Waals surface area contributed by atoms with Gasteiger partial charge in [-0.05, 0) is 30.8 Å². The lowest BCUT2D eigenvalue weighted by Gasteiger charge is -2.01. The topological polar surface area (TPSA) is 93.4 Å². The number of aryl methyl sites for hydroxylation is 1. The van der Waals surface area contributed by atoms with Crippen LogP contribution in [0.2, 0.25) is 5.02 Å². The predicted octanol–water partition coefficient (Wildman–Crippen LogP) is 1.37. The zero-order valence-corrected chi connectivity index (χ0v) is 10.3. The number of hydrogen-bond acceptors (Lipinski definition) is 6. The first-order chi connectivity index (χ1) is 8.11. The molecule has 0 saturated heterocycles. The van der Waals surface area contributed by atoms with Gasteiger partial charge in [-0.25, -0.2) is 9.66 Å². The number of nitrogens with zero attached hydrogens (tertiary/aromatic N) is 5. The van der Waals surface area contributed by atoms with Crippen molar-refractivity contribution in [3.63, 3.8) is 0 Å². The monoisotopic (exact) mass is 266 g/mol. The SMILES string of the molecule is Cc1nnc(Sc2ccc(Cl)c(C#N)n2)n1N. The third-order valence-electron chi connectivity index (χ3n) is 1.96. The van der Waals surface area contributed by atoms with Gasteiger partial charge in [0, 0.05) is 0 Å². The standard InChI is InChI=1S/C9H7ClN6S/c1-5-14-15-9(16(5)12)17-8-3-2-6(10)7(4-11)13-8/h2-3H,12H2,1H3. The van der Waals surface area contributed by atoms with E-state index in [1.807, 2.05) is 6.07 Å². The maximum Gasteiger partial charge on any atom is 0.216 e. The molecule has 86 valence electrons. The van der Waals surface area contributed by atoms with Crippen LogP contribution in [-0.4, -0.2) is 19.9 Å². The van der Waals surface area contributed by atoms with Gasteiger partial charge in [-0.3, -0.25) is 0 Å². The molecule has 0 aromatic carbocycles. The average Bonchev–Trinajstić information content (AvgIpc) is 2.63. The third-order valence-corrected chi connectivity index (χ3v) is 3.16. The van der Waals surface area contributed by atoms with E-state index >= 15 is 0 Å². The molecule has 0 unspecified atom stereocenters. The molecule has 0 bridgehead atoms. The highest BCUT2D eigenvalue weighted by Crippen LogP contribution is 2.25. The zero-order chi connectivity index (χ0) is 12.4. The first-order valence-electron chi connectivity index (χ1n) is 4.53. The normalized spacial score (nSPS) is 10.2. The molecule has 0 saturated carbocycles. The van der Waals surface area contributed by atoms with E-state index < -0.39 is 0 Å². The fourth-order valence-electron chi connectivity index (χ4n) is 1.07. The molecule has 2 aromatic heterocycles. The molecule has 2 heterocycles. The molecule has 2 rings (SSSR count). The molecule has 0 fully saturated rings. The summed E-state index contributed by atoms with van der Waals surface area (Å²) in [6.45, 7) is 1.74. The van der Waals surface area contributed by atoms with Crippen LogP contribution in [0.4, 0.5) is 0 Å². The van der Waals surface area contributed by atoms with Crippen LogP contribution in [0.25, 0.3) is 0 Å². The predicted molar refractivity (Wildman–Crippen MR) is 63.0 cm³/mol. The Morgan fingerprint density at radius 1 is 1.47 bits per heavy atom. The molecule has 0 amide bonds. The molecule has 2 N–H and O–H groups in total. The highest BCUT2D eigenvalue weighted by atomic mass is 35.5. The Morgan fingerprint density at radius 2 is 2.24 bits per heavy atom. The molecule has 17 heavy (non-hydrogen) atoms. The minimum Gasteiger partial charge on any atom is -0.336 e. The quantitative estimate of drug-likeness (QED) is 0.825. The van der Waals surface area contributed by atoms with Crippen molar-refractivity contribution in [2.24, 2.45) is 0 Å². The summed E-state index contributed by atoms with van der Waals surface area (Å²) in [6, 6.07) is 5.21. The van der Waals surface area contributed by atoms with E-state index in [1.165, 1.54) is 16.4 Å². The van der Waals surface area contributed by atoms with E-state index in [1.54, 1.807) is 19.1 Å². The first-order valence-corrected chi connectivity index (χ1v) is 5.73. The second-order valence-electron chi connectivity index (χ2n) is 3.09. The van der Waals surface area contributed by atoms with Crippen LogP contribution in [0.5, 0.6) is 0 Å². The van der Waals surface area contributed by atoms with Crippen molar-refractivity contribution in [1.29, 1.82) is 5.26 Å². The molecule has 0 radical (unpaired) electrons. The van der Waals surface area contributed by atoms with Crippen LogP contribution in [-0.2, 0) is 0 Å². The number of aromatic nitrogens is 4. The van der Waals surface area contributed by atoms with Crippen molar-refractivity contribution < 1.29 is 0 Å². The second-order valence-corrected chi connectivity index (χ2v) is 4.49. The minimum absolute atomic E-state index is 0.177. The summed E-state index contributed by atoms with van der Waals surface area (Å²) in [4.78, 5) is 4.07. The van der Waals surface area contributed by atoms with Crippen molar-refractivity contribution in [2.75, 3.05) is 5.84 Å². The Balaban J connectivity index is 2.31. The summed E-state index contributed by atoms with van der Waals surface area (Å²) in [7, 11) is 0. The number of nitriles is 1. The summed E-state index contributed by atoms with van der Waals surface area (Å²) in [5.74, 6) is 6.30. The summed E-state index contributed by atoms with van der Waals surface area (Å²) >= 11 is 7.00. The van der Waals surface area contributed by atoms with Gasteiger partial charge in [0.05, 0.1) is 5.02 Å². The lowest BCUT2D eigenvalue weighted by molar-refractivity contribution is 0.823. The fourth-order valence-corrected chi connectivity index (χ4v) is 1.99. The zero-order valence-electron chi connectivity index (χ0n) is 8.75. The number of hydrogen-bond donors (Lipinski definition) is 1. The largest absolute Gasteiger partial charge is 0.336 e. The Kier molecular flexibility index (Phi) is 3.17. The molecule has 2 aromatic rings. The van der Waals surface area contributed by atoms with E-state index in [2.05, 4.69) is 15.2 Å². The van der Waals surface area contributed by atoms with Crippen molar-refractivity contribution in [2.45, 2.75) is 17.1 Å². The molecule has 0 aliphatic carbocycles. The number of rotatable bonds is 2. The number of pyridine rings is 1. The van der Waals surface area contributed by atoms with Crippen LogP contribution in [0.1, 0.15) is 11.5 Å². The van der Waals surface area contributed by atoms with Crippen molar-refractivity contribution in [1.82, 2.24) is 19.9 Å². The molecule has 0 aliphatic rings. The van der Waals surface area contributed by atoms with Crippen LogP contribution in [0.15, 0.2) is 22.3 Å². The summed E-state index contributed by atoms with van der Waals surface area (Å²) in [6.07, 6.45) is 0. The number of halogens is 1. The maximum absolute atomic E-state index is 8.80. The van der Waals surface area contributed by atoms with Gasteiger partial charge < -0.3 is 5.84 Å². The fraction of sp³-hybridized carbons (Fsp3) is 0.111. The maximum atomic E-state index is 8.80. The minimum atomic E-state index is 0.177. The van der Waals surface area contributed by atoms with E-state index in [0.717, 1.165) is 0 Å². The first kappa shape index (κ1) is 11.7. The van der Waals surface area contributed by atoms with Crippen molar-refractivity contribution in [3.05, 3.63) is 28.7 Å². The van der Waals surface area contributed by atoms with Crippen LogP contribution < -0.4 is 5.84 Å². The molecular formula is C9H7ClN6S. The lowest BCUT2D eigenvalue weighted by Crippen LogP contribution is -2.11. The van der Waals surface area contributed by atoms with Gasteiger partial charge in [0.25, 0.3) is 0 Å². The highest BCUT2D eigenvalue weighted by molar-refractivity contribution is 7.99. The average molecular weight is 267 g/mol. The molecular weight excluding hydrogens is 260 g/mol.